The molecule has 0 aliphatic rings. The minimum absolute atomic E-state index is 0.554. The molecule has 3 rings (SSSR count). The zero-order valence-electron chi connectivity index (χ0n) is 11.4. The van der Waals surface area contributed by atoms with Gasteiger partial charge in [-0.25, -0.2) is 9.97 Å². The number of hydrogen-bond donors (Lipinski definition) is 0. The second kappa shape index (κ2) is 5.69. The maximum absolute atomic E-state index is 5.75. The first-order chi connectivity index (χ1) is 9.88. The quantitative estimate of drug-likeness (QED) is 0.713. The van der Waals surface area contributed by atoms with Crippen LogP contribution in [0.25, 0.3) is 11.2 Å². The zero-order valence-corrected chi connectivity index (χ0v) is 11.4. The summed E-state index contributed by atoms with van der Waals surface area (Å²) < 4.78 is 7.73. The van der Waals surface area contributed by atoms with Gasteiger partial charge >= 0.3 is 0 Å². The molecule has 0 saturated carbocycles. The zero-order chi connectivity index (χ0) is 13.8. The van der Waals surface area contributed by atoms with Crippen LogP contribution in [0.3, 0.4) is 0 Å². The number of nitrogens with zero attached hydrogens (tertiary/aromatic N) is 4. The second-order valence-electron chi connectivity index (χ2n) is 4.47. The van der Waals surface area contributed by atoms with Crippen molar-refractivity contribution in [1.82, 2.24) is 19.5 Å². The van der Waals surface area contributed by atoms with Gasteiger partial charge in [0.05, 0.1) is 12.9 Å². The Hall–Kier alpha value is -2.43. The van der Waals surface area contributed by atoms with Gasteiger partial charge in [0, 0.05) is 13.0 Å². The Labute approximate surface area is 117 Å². The molecule has 0 bridgehead atoms. The first-order valence-corrected chi connectivity index (χ1v) is 6.71. The number of imidazole rings is 1. The number of aromatic nitrogens is 4. The van der Waals surface area contributed by atoms with Crippen LogP contribution in [0.15, 0.2) is 43.0 Å². The van der Waals surface area contributed by atoms with Crippen LogP contribution in [-0.2, 0) is 13.0 Å². The second-order valence-corrected chi connectivity index (χ2v) is 4.47. The average Bonchev–Trinajstić information content (AvgIpc) is 2.92. The number of hydrogen-bond acceptors (Lipinski definition) is 4. The average molecular weight is 268 g/mol. The Morgan fingerprint density at radius 1 is 1.10 bits per heavy atom. The van der Waals surface area contributed by atoms with Crippen LogP contribution < -0.4 is 4.74 Å². The maximum Gasteiger partial charge on any atom is 0.245 e. The SMILES string of the molecule is CCn1cnc2c(OCCc3ccccc3)ncnc21. The van der Waals surface area contributed by atoms with Crippen LogP contribution in [0.5, 0.6) is 5.88 Å². The van der Waals surface area contributed by atoms with Crippen molar-refractivity contribution in [1.29, 1.82) is 0 Å². The molecule has 0 radical (unpaired) electrons. The Morgan fingerprint density at radius 2 is 1.95 bits per heavy atom. The van der Waals surface area contributed by atoms with Gasteiger partial charge in [-0.3, -0.25) is 0 Å². The number of benzene rings is 1. The molecule has 3 aromatic rings. The maximum atomic E-state index is 5.75. The largest absolute Gasteiger partial charge is 0.476 e. The fourth-order valence-corrected chi connectivity index (χ4v) is 2.11. The molecule has 5 heteroatoms. The Kier molecular flexibility index (Phi) is 3.58. The summed E-state index contributed by atoms with van der Waals surface area (Å²) in [4.78, 5) is 12.8. The summed E-state index contributed by atoms with van der Waals surface area (Å²) >= 11 is 0. The van der Waals surface area contributed by atoms with Crippen molar-refractivity contribution in [3.8, 4) is 5.88 Å². The monoisotopic (exact) mass is 268 g/mol. The van der Waals surface area contributed by atoms with Gasteiger partial charge in [0.1, 0.15) is 6.33 Å². The third-order valence-corrected chi connectivity index (χ3v) is 3.18. The van der Waals surface area contributed by atoms with Gasteiger partial charge in [-0.1, -0.05) is 30.3 Å². The van der Waals surface area contributed by atoms with Crippen molar-refractivity contribution >= 4 is 11.2 Å². The molecule has 0 amide bonds. The first kappa shape index (κ1) is 12.6. The van der Waals surface area contributed by atoms with Gasteiger partial charge < -0.3 is 9.30 Å². The van der Waals surface area contributed by atoms with E-state index in [4.69, 9.17) is 4.74 Å². The molecule has 0 spiro atoms. The van der Waals surface area contributed by atoms with Gasteiger partial charge in [0.25, 0.3) is 0 Å². The molecule has 0 N–H and O–H groups in total. The van der Waals surface area contributed by atoms with Gasteiger partial charge in [0.15, 0.2) is 11.2 Å². The van der Waals surface area contributed by atoms with E-state index >= 15 is 0 Å². The number of rotatable bonds is 5. The fraction of sp³-hybridized carbons (Fsp3) is 0.267. The summed E-state index contributed by atoms with van der Waals surface area (Å²) in [6.45, 7) is 3.46. The summed E-state index contributed by atoms with van der Waals surface area (Å²) in [6, 6.07) is 10.2. The molecule has 0 saturated heterocycles. The molecule has 102 valence electrons. The Bertz CT molecular complexity index is 693. The summed E-state index contributed by atoms with van der Waals surface area (Å²) in [5, 5.41) is 0. The predicted molar refractivity (Wildman–Crippen MR) is 76.6 cm³/mol. The van der Waals surface area contributed by atoms with Crippen molar-refractivity contribution in [2.75, 3.05) is 6.61 Å². The standard InChI is InChI=1S/C15H16N4O/c1-2-19-11-18-13-14(19)16-10-17-15(13)20-9-8-12-6-4-3-5-7-12/h3-7,10-11H,2,8-9H2,1H3. The molecule has 2 heterocycles. The summed E-state index contributed by atoms with van der Waals surface area (Å²) in [5.74, 6) is 0.554. The van der Waals surface area contributed by atoms with Gasteiger partial charge in [0.2, 0.25) is 5.88 Å². The molecule has 0 atom stereocenters. The van der Waals surface area contributed by atoms with E-state index in [0.717, 1.165) is 24.1 Å². The summed E-state index contributed by atoms with van der Waals surface area (Å²) in [6.07, 6.45) is 4.14. The van der Waals surface area contributed by atoms with Crippen LogP contribution in [0.2, 0.25) is 0 Å². The van der Waals surface area contributed by atoms with Crippen molar-refractivity contribution in [2.45, 2.75) is 19.9 Å². The molecule has 0 aliphatic carbocycles. The van der Waals surface area contributed by atoms with Crippen LogP contribution in [-0.4, -0.2) is 26.1 Å². The van der Waals surface area contributed by atoms with E-state index in [0.29, 0.717) is 12.5 Å². The van der Waals surface area contributed by atoms with E-state index in [2.05, 4.69) is 34.0 Å². The van der Waals surface area contributed by atoms with E-state index in [-0.39, 0.29) is 0 Å². The highest BCUT2D eigenvalue weighted by atomic mass is 16.5. The molecule has 1 aromatic carbocycles. The Balaban J connectivity index is 1.73. The van der Waals surface area contributed by atoms with Gasteiger partial charge in [-0.2, -0.15) is 4.98 Å². The lowest BCUT2D eigenvalue weighted by Gasteiger charge is -2.05. The van der Waals surface area contributed by atoms with Crippen molar-refractivity contribution in [3.63, 3.8) is 0 Å². The lowest BCUT2D eigenvalue weighted by molar-refractivity contribution is 0.312. The molecule has 0 fully saturated rings. The first-order valence-electron chi connectivity index (χ1n) is 6.71. The molecule has 5 nitrogen and oxygen atoms in total. The van der Waals surface area contributed by atoms with E-state index in [1.54, 1.807) is 6.33 Å². The summed E-state index contributed by atoms with van der Waals surface area (Å²) in [7, 11) is 0. The minimum atomic E-state index is 0.554. The van der Waals surface area contributed by atoms with E-state index < -0.39 is 0 Å². The van der Waals surface area contributed by atoms with Crippen LogP contribution in [0.1, 0.15) is 12.5 Å². The third-order valence-electron chi connectivity index (χ3n) is 3.18. The highest BCUT2D eigenvalue weighted by Gasteiger charge is 2.10. The molecular formula is C15H16N4O. The number of aryl methyl sites for hydroxylation is 1. The molecule has 0 unspecified atom stereocenters. The highest BCUT2D eigenvalue weighted by molar-refractivity contribution is 5.75. The van der Waals surface area contributed by atoms with Crippen LogP contribution in [0.4, 0.5) is 0 Å². The van der Waals surface area contributed by atoms with E-state index in [1.165, 1.54) is 11.9 Å². The summed E-state index contributed by atoms with van der Waals surface area (Å²) in [5.41, 5.74) is 2.79. The number of fused-ring (bicyclic) bond motifs is 1. The molecule has 20 heavy (non-hydrogen) atoms. The van der Waals surface area contributed by atoms with Crippen LogP contribution >= 0.6 is 0 Å². The normalized spacial score (nSPS) is 10.8. The lowest BCUT2D eigenvalue weighted by Crippen LogP contribution is -2.04. The van der Waals surface area contributed by atoms with Gasteiger partial charge in [-0.05, 0) is 12.5 Å². The fourth-order valence-electron chi connectivity index (χ4n) is 2.11. The molecule has 2 aromatic heterocycles. The predicted octanol–water partition coefficient (Wildman–Crippen LogP) is 2.47. The minimum Gasteiger partial charge on any atom is -0.476 e. The molecule has 0 aliphatic heterocycles. The van der Waals surface area contributed by atoms with Crippen molar-refractivity contribution < 1.29 is 4.74 Å². The number of ether oxygens (including phenoxy) is 1. The Morgan fingerprint density at radius 3 is 2.75 bits per heavy atom. The van der Waals surface area contributed by atoms with Crippen molar-refractivity contribution in [2.24, 2.45) is 0 Å². The van der Waals surface area contributed by atoms with Gasteiger partial charge in [-0.15, -0.1) is 0 Å². The highest BCUT2D eigenvalue weighted by Crippen LogP contribution is 2.19. The van der Waals surface area contributed by atoms with Crippen LogP contribution in [0, 0.1) is 0 Å². The van der Waals surface area contributed by atoms with Crippen molar-refractivity contribution in [3.05, 3.63) is 48.5 Å². The topological polar surface area (TPSA) is 52.8 Å². The van der Waals surface area contributed by atoms with E-state index in [1.807, 2.05) is 22.8 Å². The van der Waals surface area contributed by atoms with E-state index in [9.17, 15) is 0 Å². The lowest BCUT2D eigenvalue weighted by atomic mass is 10.2. The smallest absolute Gasteiger partial charge is 0.245 e. The molecular weight excluding hydrogens is 252 g/mol. The third kappa shape index (κ3) is 2.47.